The summed E-state index contributed by atoms with van der Waals surface area (Å²) in [6.45, 7) is 1.93. The molecule has 5 N–H and O–H groups in total. The molecule has 0 aromatic heterocycles. The van der Waals surface area contributed by atoms with E-state index in [1.54, 1.807) is 0 Å². The average Bonchev–Trinajstić information content (AvgIpc) is 1.99. The minimum Gasteiger partial charge on any atom is -0.401 e. The highest BCUT2D eigenvalue weighted by atomic mass is 14.9. The molecule has 0 amide bonds. The molecule has 1 aliphatic heterocycles. The smallest absolute Gasteiger partial charge is 0.0284 e. The third-order valence-corrected chi connectivity index (χ3v) is 1.55. The number of nitrogens with two attached hydrogens (primary N) is 2. The normalized spacial score (nSPS) is 21.8. The molecule has 0 spiro atoms. The Labute approximate surface area is 55.1 Å². The first-order valence-corrected chi connectivity index (χ1v) is 3.24. The average molecular weight is 127 g/mol. The first-order valence-electron chi connectivity index (χ1n) is 3.24. The summed E-state index contributed by atoms with van der Waals surface area (Å²) >= 11 is 0. The minimum atomic E-state index is 0.861. The van der Waals surface area contributed by atoms with Crippen molar-refractivity contribution in [2.24, 2.45) is 11.5 Å². The van der Waals surface area contributed by atoms with E-state index in [4.69, 9.17) is 11.5 Å². The van der Waals surface area contributed by atoms with Crippen molar-refractivity contribution in [2.45, 2.75) is 12.8 Å². The molecule has 1 heterocycles. The quantitative estimate of drug-likeness (QED) is 0.411. The van der Waals surface area contributed by atoms with Crippen molar-refractivity contribution in [1.29, 1.82) is 0 Å². The van der Waals surface area contributed by atoms with Crippen LogP contribution in [0.4, 0.5) is 0 Å². The molecule has 0 aromatic rings. The molecule has 0 saturated carbocycles. The van der Waals surface area contributed by atoms with Gasteiger partial charge in [-0.25, -0.2) is 0 Å². The summed E-state index contributed by atoms with van der Waals surface area (Å²) in [5, 5.41) is 3.21. The predicted octanol–water partition coefficient (Wildman–Crippen LogP) is -0.501. The number of nitrogens with one attached hydrogen (secondary N) is 1. The molecule has 0 fully saturated rings. The Morgan fingerprint density at radius 3 is 1.89 bits per heavy atom. The Balaban J connectivity index is 2.55. The van der Waals surface area contributed by atoms with Crippen LogP contribution in [0.25, 0.3) is 0 Å². The van der Waals surface area contributed by atoms with E-state index in [1.807, 2.05) is 0 Å². The topological polar surface area (TPSA) is 64.1 Å². The summed E-state index contributed by atoms with van der Waals surface area (Å²) in [5.41, 5.74) is 12.9. The van der Waals surface area contributed by atoms with Gasteiger partial charge in [0, 0.05) is 37.3 Å². The first kappa shape index (κ1) is 6.42. The van der Waals surface area contributed by atoms with Gasteiger partial charge < -0.3 is 16.8 Å². The van der Waals surface area contributed by atoms with Crippen molar-refractivity contribution in [3.05, 3.63) is 11.4 Å². The third kappa shape index (κ3) is 1.61. The van der Waals surface area contributed by atoms with Gasteiger partial charge in [0.15, 0.2) is 0 Å². The molecule has 9 heavy (non-hydrogen) atoms. The zero-order valence-corrected chi connectivity index (χ0v) is 5.48. The van der Waals surface area contributed by atoms with Crippen LogP contribution >= 0.6 is 0 Å². The van der Waals surface area contributed by atoms with Crippen LogP contribution in [0.15, 0.2) is 11.4 Å². The van der Waals surface area contributed by atoms with Gasteiger partial charge in [0.05, 0.1) is 0 Å². The van der Waals surface area contributed by atoms with E-state index in [0.29, 0.717) is 0 Å². The lowest BCUT2D eigenvalue weighted by molar-refractivity contribution is 0.704. The molecule has 0 bridgehead atoms. The second-order valence-corrected chi connectivity index (χ2v) is 2.30. The van der Waals surface area contributed by atoms with Crippen LogP contribution in [0.1, 0.15) is 12.8 Å². The van der Waals surface area contributed by atoms with Crippen LogP contribution in [-0.2, 0) is 0 Å². The molecule has 0 unspecified atom stereocenters. The van der Waals surface area contributed by atoms with Gasteiger partial charge in [-0.15, -0.1) is 0 Å². The molecule has 1 rings (SSSR count). The molecule has 3 nitrogen and oxygen atoms in total. The van der Waals surface area contributed by atoms with Crippen LogP contribution in [0.2, 0.25) is 0 Å². The number of hydrogen-bond donors (Lipinski definition) is 3. The maximum absolute atomic E-state index is 5.59. The highest BCUT2D eigenvalue weighted by Gasteiger charge is 2.02. The van der Waals surface area contributed by atoms with Crippen molar-refractivity contribution in [2.75, 3.05) is 13.1 Å². The Kier molecular flexibility index (Phi) is 1.95. The molecule has 52 valence electrons. The van der Waals surface area contributed by atoms with E-state index in [9.17, 15) is 0 Å². The van der Waals surface area contributed by atoms with Crippen molar-refractivity contribution >= 4 is 0 Å². The summed E-state index contributed by atoms with van der Waals surface area (Å²) in [6.07, 6.45) is 1.79. The molecule has 0 aliphatic carbocycles. The van der Waals surface area contributed by atoms with E-state index in [-0.39, 0.29) is 0 Å². The third-order valence-electron chi connectivity index (χ3n) is 1.55. The Bertz CT molecular complexity index is 114. The van der Waals surface area contributed by atoms with Gasteiger partial charge in [0.2, 0.25) is 0 Å². The van der Waals surface area contributed by atoms with E-state index in [1.165, 1.54) is 0 Å². The van der Waals surface area contributed by atoms with Gasteiger partial charge in [0.25, 0.3) is 0 Å². The Hall–Kier alpha value is -0.700. The maximum atomic E-state index is 5.59. The summed E-state index contributed by atoms with van der Waals surface area (Å²) in [4.78, 5) is 0. The predicted molar refractivity (Wildman–Crippen MR) is 37.5 cm³/mol. The molecular formula is C6H13N3. The number of rotatable bonds is 0. The van der Waals surface area contributed by atoms with Gasteiger partial charge >= 0.3 is 0 Å². The van der Waals surface area contributed by atoms with Crippen LogP contribution < -0.4 is 16.8 Å². The lowest BCUT2D eigenvalue weighted by atomic mass is 10.2. The Morgan fingerprint density at radius 2 is 1.44 bits per heavy atom. The summed E-state index contributed by atoms with van der Waals surface area (Å²) in [7, 11) is 0. The minimum absolute atomic E-state index is 0.861. The first-order chi connectivity index (χ1) is 4.30. The highest BCUT2D eigenvalue weighted by Crippen LogP contribution is 2.03. The summed E-state index contributed by atoms with van der Waals surface area (Å²) < 4.78 is 0. The SMILES string of the molecule is NC1=C(N)CCNCC1. The fraction of sp³-hybridized carbons (Fsp3) is 0.667. The van der Waals surface area contributed by atoms with Crippen LogP contribution in [0.3, 0.4) is 0 Å². The van der Waals surface area contributed by atoms with Crippen LogP contribution in [0.5, 0.6) is 0 Å². The van der Waals surface area contributed by atoms with Gasteiger partial charge in [-0.05, 0) is 0 Å². The van der Waals surface area contributed by atoms with Gasteiger partial charge in [-0.2, -0.15) is 0 Å². The van der Waals surface area contributed by atoms with Crippen molar-refractivity contribution in [3.8, 4) is 0 Å². The van der Waals surface area contributed by atoms with E-state index >= 15 is 0 Å². The van der Waals surface area contributed by atoms with Crippen LogP contribution in [-0.4, -0.2) is 13.1 Å². The molecule has 3 heteroatoms. The zero-order chi connectivity index (χ0) is 6.69. The molecule has 0 aromatic carbocycles. The fourth-order valence-corrected chi connectivity index (χ4v) is 0.892. The van der Waals surface area contributed by atoms with E-state index < -0.39 is 0 Å². The van der Waals surface area contributed by atoms with Crippen molar-refractivity contribution in [3.63, 3.8) is 0 Å². The second-order valence-electron chi connectivity index (χ2n) is 2.30. The summed E-state index contributed by atoms with van der Waals surface area (Å²) in [6, 6.07) is 0. The second kappa shape index (κ2) is 2.73. The van der Waals surface area contributed by atoms with Crippen LogP contribution in [0, 0.1) is 0 Å². The lowest BCUT2D eigenvalue weighted by Gasteiger charge is -1.98. The van der Waals surface area contributed by atoms with Gasteiger partial charge in [-0.1, -0.05) is 0 Å². The van der Waals surface area contributed by atoms with E-state index in [2.05, 4.69) is 5.32 Å². The molecule has 0 radical (unpaired) electrons. The maximum Gasteiger partial charge on any atom is 0.0284 e. The van der Waals surface area contributed by atoms with Crippen molar-refractivity contribution < 1.29 is 0 Å². The van der Waals surface area contributed by atoms with Gasteiger partial charge in [0.1, 0.15) is 0 Å². The highest BCUT2D eigenvalue weighted by molar-refractivity contribution is 5.09. The van der Waals surface area contributed by atoms with E-state index in [0.717, 1.165) is 37.3 Å². The molecule has 0 atom stereocenters. The molecule has 1 aliphatic rings. The number of hydrogen-bond acceptors (Lipinski definition) is 3. The molecular weight excluding hydrogens is 114 g/mol. The lowest BCUT2D eigenvalue weighted by Crippen LogP contribution is -2.15. The standard InChI is InChI=1S/C6H13N3/c7-5-1-3-9-4-2-6(5)8/h9H,1-4,7-8H2. The fourth-order valence-electron chi connectivity index (χ4n) is 0.892. The zero-order valence-electron chi connectivity index (χ0n) is 5.48. The largest absolute Gasteiger partial charge is 0.401 e. The Morgan fingerprint density at radius 1 is 1.00 bits per heavy atom. The van der Waals surface area contributed by atoms with Crippen molar-refractivity contribution in [1.82, 2.24) is 5.32 Å². The molecule has 0 saturated heterocycles. The summed E-state index contributed by atoms with van der Waals surface area (Å²) in [5.74, 6) is 0. The van der Waals surface area contributed by atoms with Gasteiger partial charge in [-0.3, -0.25) is 0 Å². The monoisotopic (exact) mass is 127 g/mol.